The molecule has 0 aliphatic carbocycles. The molecule has 2 aromatic carbocycles. The van der Waals surface area contributed by atoms with Crippen molar-refractivity contribution in [3.63, 3.8) is 0 Å². The van der Waals surface area contributed by atoms with E-state index in [4.69, 9.17) is 4.43 Å². The van der Waals surface area contributed by atoms with E-state index in [2.05, 4.69) is 45.0 Å². The summed E-state index contributed by atoms with van der Waals surface area (Å²) < 4.78 is 6.79. The van der Waals surface area contributed by atoms with Crippen molar-refractivity contribution >= 4 is 19.4 Å². The van der Waals surface area contributed by atoms with Gasteiger partial charge >= 0.3 is 9.04 Å². The van der Waals surface area contributed by atoms with Gasteiger partial charge in [-0.1, -0.05) is 81.4 Å². The Balaban J connectivity index is 2.49. The van der Waals surface area contributed by atoms with Crippen LogP contribution in [-0.2, 0) is 4.43 Å². The highest BCUT2D eigenvalue weighted by Gasteiger charge is 2.29. The molecule has 0 heterocycles. The van der Waals surface area contributed by atoms with Gasteiger partial charge in [0.25, 0.3) is 0 Å². The van der Waals surface area contributed by atoms with E-state index in [0.29, 0.717) is 12.8 Å². The first-order valence-electron chi connectivity index (χ1n) is 9.57. The molecule has 0 amide bonds. The number of aliphatic hydroxyl groups is 2. The monoisotopic (exact) mass is 383 g/mol. The van der Waals surface area contributed by atoms with E-state index in [1.165, 1.54) is 10.4 Å². The van der Waals surface area contributed by atoms with Crippen molar-refractivity contribution < 1.29 is 14.6 Å². The van der Waals surface area contributed by atoms with Crippen LogP contribution in [0.1, 0.15) is 40.0 Å². The van der Waals surface area contributed by atoms with E-state index in [9.17, 15) is 10.2 Å². The smallest absolute Gasteiger partial charge is 0.352 e. The van der Waals surface area contributed by atoms with Crippen molar-refractivity contribution in [2.75, 3.05) is 13.2 Å². The van der Waals surface area contributed by atoms with E-state index in [0.717, 1.165) is 17.8 Å². The second kappa shape index (κ2) is 10.5. The molecule has 0 unspecified atom stereocenters. The number of hydrogen-bond acceptors (Lipinski definition) is 3. The highest BCUT2D eigenvalue weighted by atomic mass is 28.3. The minimum atomic E-state index is -1.47. The lowest BCUT2D eigenvalue weighted by molar-refractivity contribution is 0.261. The summed E-state index contributed by atoms with van der Waals surface area (Å²) >= 11 is 0. The zero-order chi connectivity index (χ0) is 19.7. The van der Waals surface area contributed by atoms with Crippen LogP contribution in [0.2, 0.25) is 0 Å². The van der Waals surface area contributed by atoms with E-state index in [1.807, 2.05) is 36.4 Å². The topological polar surface area (TPSA) is 49.7 Å². The molecule has 0 aromatic heterocycles. The van der Waals surface area contributed by atoms with Gasteiger partial charge in [0.1, 0.15) is 0 Å². The second-order valence-corrected chi connectivity index (χ2v) is 9.66. The molecule has 0 saturated carbocycles. The van der Waals surface area contributed by atoms with Crippen molar-refractivity contribution in [2.24, 2.45) is 5.41 Å². The Morgan fingerprint density at radius 3 is 1.74 bits per heavy atom. The molecule has 2 aromatic rings. The lowest BCUT2D eigenvalue weighted by atomic mass is 9.88. The summed E-state index contributed by atoms with van der Waals surface area (Å²) in [6.07, 6.45) is 1.99. The maximum Gasteiger partial charge on any atom is 0.352 e. The number of allylic oxidation sites excluding steroid dienone is 1. The number of aliphatic hydroxyl groups excluding tert-OH is 2. The normalized spacial score (nSPS) is 12.8. The standard InChI is InChI=1S/C23H31O3Si/c1-23(2,3)22(19(16-18-25)11-10-17-24)26-27(20-12-6-4-7-13-20)21-14-8-5-9-15-21/h4-9,12-15,24-25H,10-11,16-18H2,1-3H3/b22-19-. The van der Waals surface area contributed by atoms with Crippen LogP contribution in [-0.4, -0.2) is 32.5 Å². The lowest BCUT2D eigenvalue weighted by Gasteiger charge is -2.31. The molecule has 27 heavy (non-hydrogen) atoms. The Morgan fingerprint density at radius 1 is 0.815 bits per heavy atom. The quantitative estimate of drug-likeness (QED) is 0.516. The summed E-state index contributed by atoms with van der Waals surface area (Å²) in [5, 5.41) is 21.3. The Kier molecular flexibility index (Phi) is 8.29. The van der Waals surface area contributed by atoms with Crippen molar-refractivity contribution in [3.05, 3.63) is 72.0 Å². The molecule has 1 radical (unpaired) electrons. The Labute approximate surface area is 165 Å². The molecule has 0 atom stereocenters. The van der Waals surface area contributed by atoms with E-state index >= 15 is 0 Å². The SMILES string of the molecule is CC(C)(C)/C(O[Si](c1ccccc1)c1ccccc1)=C(/CCO)CCCO. The maximum absolute atomic E-state index is 9.57. The van der Waals surface area contributed by atoms with Crippen LogP contribution in [0.25, 0.3) is 0 Å². The molecular weight excluding hydrogens is 352 g/mol. The first-order chi connectivity index (χ1) is 13.0. The predicted octanol–water partition coefficient (Wildman–Crippen LogP) is 3.26. The first kappa shape index (κ1) is 21.4. The van der Waals surface area contributed by atoms with Gasteiger partial charge in [-0.05, 0) is 35.2 Å². The molecule has 145 valence electrons. The predicted molar refractivity (Wildman–Crippen MR) is 113 cm³/mol. The van der Waals surface area contributed by atoms with Gasteiger partial charge in [-0.15, -0.1) is 0 Å². The molecule has 0 saturated heterocycles. The zero-order valence-corrected chi connectivity index (χ0v) is 17.6. The fraction of sp³-hybridized carbons (Fsp3) is 0.391. The van der Waals surface area contributed by atoms with Gasteiger partial charge in [0, 0.05) is 18.6 Å². The van der Waals surface area contributed by atoms with E-state index < -0.39 is 9.04 Å². The van der Waals surface area contributed by atoms with Gasteiger partial charge < -0.3 is 14.6 Å². The van der Waals surface area contributed by atoms with Crippen molar-refractivity contribution in [3.8, 4) is 0 Å². The molecule has 0 bridgehead atoms. The van der Waals surface area contributed by atoms with Crippen LogP contribution in [0.4, 0.5) is 0 Å². The largest absolute Gasteiger partial charge is 0.535 e. The van der Waals surface area contributed by atoms with Crippen molar-refractivity contribution in [2.45, 2.75) is 40.0 Å². The van der Waals surface area contributed by atoms with Gasteiger partial charge in [0.05, 0.1) is 5.76 Å². The molecular formula is C23H31O3Si. The highest BCUT2D eigenvalue weighted by Crippen LogP contribution is 2.32. The van der Waals surface area contributed by atoms with Crippen molar-refractivity contribution in [1.29, 1.82) is 0 Å². The zero-order valence-electron chi connectivity index (χ0n) is 16.6. The summed E-state index contributed by atoms with van der Waals surface area (Å²) in [6.45, 7) is 6.67. The highest BCUT2D eigenvalue weighted by molar-refractivity contribution is 6.80. The third kappa shape index (κ3) is 6.35. The summed E-state index contributed by atoms with van der Waals surface area (Å²) in [6, 6.07) is 20.7. The number of rotatable bonds is 9. The Hall–Kier alpha value is -1.88. The fourth-order valence-corrected chi connectivity index (χ4v) is 5.31. The minimum absolute atomic E-state index is 0.0858. The molecule has 2 rings (SSSR count). The first-order valence-corrected chi connectivity index (χ1v) is 11.0. The van der Waals surface area contributed by atoms with Gasteiger partial charge in [-0.3, -0.25) is 0 Å². The molecule has 0 spiro atoms. The average molecular weight is 384 g/mol. The van der Waals surface area contributed by atoms with Crippen LogP contribution in [0.3, 0.4) is 0 Å². The Morgan fingerprint density at radius 2 is 1.33 bits per heavy atom. The van der Waals surface area contributed by atoms with Gasteiger partial charge in [-0.25, -0.2) is 0 Å². The molecule has 0 aliphatic rings. The van der Waals surface area contributed by atoms with E-state index in [-0.39, 0.29) is 18.6 Å². The minimum Gasteiger partial charge on any atom is -0.535 e. The second-order valence-electron chi connectivity index (χ2n) is 7.65. The third-order valence-electron chi connectivity index (χ3n) is 4.33. The molecule has 0 aliphatic heterocycles. The molecule has 2 N–H and O–H groups in total. The van der Waals surface area contributed by atoms with E-state index in [1.54, 1.807) is 0 Å². The molecule has 0 fully saturated rings. The number of benzene rings is 2. The van der Waals surface area contributed by atoms with Crippen LogP contribution >= 0.6 is 0 Å². The fourth-order valence-electron chi connectivity index (χ4n) is 3.10. The third-order valence-corrected chi connectivity index (χ3v) is 6.45. The molecule has 3 nitrogen and oxygen atoms in total. The molecule has 4 heteroatoms. The summed E-state index contributed by atoms with van der Waals surface area (Å²) in [5.41, 5.74) is 0.924. The van der Waals surface area contributed by atoms with Crippen LogP contribution in [0.5, 0.6) is 0 Å². The Bertz CT molecular complexity index is 666. The van der Waals surface area contributed by atoms with Gasteiger partial charge in [-0.2, -0.15) is 0 Å². The summed E-state index contributed by atoms with van der Waals surface area (Å²) in [4.78, 5) is 0. The van der Waals surface area contributed by atoms with Gasteiger partial charge in [0.15, 0.2) is 0 Å². The summed E-state index contributed by atoms with van der Waals surface area (Å²) in [5.74, 6) is 0.951. The van der Waals surface area contributed by atoms with Crippen LogP contribution < -0.4 is 10.4 Å². The van der Waals surface area contributed by atoms with Crippen LogP contribution in [0, 0.1) is 5.41 Å². The van der Waals surface area contributed by atoms with Crippen LogP contribution in [0.15, 0.2) is 72.0 Å². The maximum atomic E-state index is 9.57. The summed E-state index contributed by atoms with van der Waals surface area (Å²) in [7, 11) is -1.47. The average Bonchev–Trinajstić information content (AvgIpc) is 2.67. The van der Waals surface area contributed by atoms with Crippen molar-refractivity contribution in [1.82, 2.24) is 0 Å². The van der Waals surface area contributed by atoms with Gasteiger partial charge in [0.2, 0.25) is 0 Å². The lowest BCUT2D eigenvalue weighted by Crippen LogP contribution is -2.46. The number of hydrogen-bond donors (Lipinski definition) is 2.